The Morgan fingerprint density at radius 1 is 1.05 bits per heavy atom. The number of aryl methyl sites for hydroxylation is 1. The second-order valence-corrected chi connectivity index (χ2v) is 16.5. The molecule has 4 heterocycles. The molecule has 19 nitrogen and oxygen atoms in total. The summed E-state index contributed by atoms with van der Waals surface area (Å²) in [6.45, 7) is 18.7. The molecular formula is C43H58N8O11S. The highest BCUT2D eigenvalue weighted by molar-refractivity contribution is 6.99. The third kappa shape index (κ3) is 13.1. The molecule has 63 heavy (non-hydrogen) atoms. The molecule has 3 N–H and O–H groups in total. The van der Waals surface area contributed by atoms with Gasteiger partial charge in [-0.05, 0) is 77.5 Å². The fourth-order valence-corrected chi connectivity index (χ4v) is 7.61. The Hall–Kier alpha value is -5.86. The van der Waals surface area contributed by atoms with Gasteiger partial charge in [0.1, 0.15) is 12.4 Å². The highest BCUT2D eigenvalue weighted by Crippen LogP contribution is 2.37. The minimum absolute atomic E-state index is 0.130. The van der Waals surface area contributed by atoms with E-state index in [0.29, 0.717) is 78.0 Å². The minimum Gasteiger partial charge on any atom is -0.470 e. The van der Waals surface area contributed by atoms with Crippen molar-refractivity contribution in [2.24, 2.45) is 0 Å². The fourth-order valence-electron chi connectivity index (χ4n) is 7.09. The van der Waals surface area contributed by atoms with Gasteiger partial charge in [0.25, 0.3) is 23.6 Å². The van der Waals surface area contributed by atoms with Crippen molar-refractivity contribution in [2.75, 3.05) is 82.5 Å². The minimum atomic E-state index is -1.03. The van der Waals surface area contributed by atoms with Gasteiger partial charge in [0.05, 0.1) is 55.5 Å². The van der Waals surface area contributed by atoms with Crippen molar-refractivity contribution in [3.05, 3.63) is 46.3 Å². The van der Waals surface area contributed by atoms with Crippen LogP contribution < -0.4 is 25.0 Å². The monoisotopic (exact) mass is 894 g/mol. The lowest BCUT2D eigenvalue weighted by Crippen LogP contribution is -2.52. The molecule has 2 aromatic heterocycles. The van der Waals surface area contributed by atoms with Crippen molar-refractivity contribution < 1.29 is 52.5 Å². The molecule has 1 fully saturated rings. The average molecular weight is 895 g/mol. The van der Waals surface area contributed by atoms with Gasteiger partial charge in [0.15, 0.2) is 12.7 Å². The van der Waals surface area contributed by atoms with Crippen LogP contribution in [0.5, 0.6) is 11.6 Å². The van der Waals surface area contributed by atoms with E-state index < -0.39 is 42.1 Å². The lowest BCUT2D eigenvalue weighted by Gasteiger charge is -2.37. The van der Waals surface area contributed by atoms with Crippen LogP contribution in [0.25, 0.3) is 11.6 Å². The normalized spacial score (nSPS) is 14.8. The van der Waals surface area contributed by atoms with Gasteiger partial charge in [-0.3, -0.25) is 28.8 Å². The molecule has 0 radical (unpaired) electrons. The van der Waals surface area contributed by atoms with Crippen molar-refractivity contribution in [3.63, 3.8) is 0 Å². The van der Waals surface area contributed by atoms with Crippen molar-refractivity contribution in [2.45, 2.75) is 79.9 Å². The number of hydrogen-bond acceptors (Lipinski definition) is 16. The predicted molar refractivity (Wildman–Crippen MR) is 235 cm³/mol. The topological polar surface area (TPSA) is 224 Å². The van der Waals surface area contributed by atoms with Crippen LogP contribution in [0.15, 0.2) is 18.2 Å². The SMILES string of the molecule is CCN(CC)CCNC(=O)c1c(C)[nH]c(/C=C2\C(=O)Nc3ccc(OC(=O)CCC(=O)O[C@H](COc4nsnc4N4CCOCC4)CN(C(=O)COC(C)=O)C(C)(C)C)cc32)c1C. The number of amides is 3. The first-order valence-corrected chi connectivity index (χ1v) is 21.7. The summed E-state index contributed by atoms with van der Waals surface area (Å²) >= 11 is 0.964. The number of ether oxygens (including phenoxy) is 5. The lowest BCUT2D eigenvalue weighted by molar-refractivity contribution is -0.160. The zero-order valence-corrected chi connectivity index (χ0v) is 38.0. The van der Waals surface area contributed by atoms with Crippen molar-refractivity contribution in [1.82, 2.24) is 28.8 Å². The maximum atomic E-state index is 13.3. The first kappa shape index (κ1) is 48.2. The highest BCUT2D eigenvalue weighted by atomic mass is 32.1. The van der Waals surface area contributed by atoms with E-state index in [9.17, 15) is 28.8 Å². The van der Waals surface area contributed by atoms with Crippen LogP contribution in [0.3, 0.4) is 0 Å². The number of aromatic amines is 1. The Balaban J connectivity index is 1.24. The predicted octanol–water partition coefficient (Wildman–Crippen LogP) is 3.75. The summed E-state index contributed by atoms with van der Waals surface area (Å²) in [5.74, 6) is -2.29. The second kappa shape index (κ2) is 22.0. The molecule has 0 spiro atoms. The van der Waals surface area contributed by atoms with E-state index in [1.54, 1.807) is 45.9 Å². The number of anilines is 2. The fraction of sp³-hybridized carbons (Fsp3) is 0.535. The largest absolute Gasteiger partial charge is 0.470 e. The quantitative estimate of drug-likeness (QED) is 0.0835. The van der Waals surface area contributed by atoms with Crippen LogP contribution in [-0.2, 0) is 38.2 Å². The summed E-state index contributed by atoms with van der Waals surface area (Å²) in [7, 11) is 0. The number of likely N-dealkylation sites (N-methyl/N-ethyl adjacent to an activating group) is 1. The van der Waals surface area contributed by atoms with Crippen LogP contribution in [-0.4, -0.2) is 143 Å². The van der Waals surface area contributed by atoms with Crippen LogP contribution in [0, 0.1) is 13.8 Å². The molecule has 1 atom stereocenters. The molecule has 1 saturated heterocycles. The molecule has 5 rings (SSSR count). The van der Waals surface area contributed by atoms with E-state index in [4.69, 9.17) is 23.7 Å². The van der Waals surface area contributed by atoms with Crippen molar-refractivity contribution >= 4 is 70.5 Å². The van der Waals surface area contributed by atoms with E-state index in [1.165, 1.54) is 17.9 Å². The van der Waals surface area contributed by atoms with Gasteiger partial charge in [-0.1, -0.05) is 13.8 Å². The number of benzene rings is 1. The van der Waals surface area contributed by atoms with Crippen LogP contribution in [0.4, 0.5) is 11.5 Å². The third-order valence-corrected chi connectivity index (χ3v) is 11.0. The molecule has 20 heteroatoms. The zero-order chi connectivity index (χ0) is 45.8. The molecule has 342 valence electrons. The number of aromatic nitrogens is 3. The average Bonchev–Trinajstić information content (AvgIpc) is 3.92. The lowest BCUT2D eigenvalue weighted by atomic mass is 10.0. The summed E-state index contributed by atoms with van der Waals surface area (Å²) in [5, 5.41) is 5.81. The van der Waals surface area contributed by atoms with Crippen LogP contribution >= 0.6 is 11.7 Å². The Labute approximate surface area is 371 Å². The summed E-state index contributed by atoms with van der Waals surface area (Å²) in [6, 6.07) is 4.70. The maximum absolute atomic E-state index is 13.3. The number of fused-ring (bicyclic) bond motifs is 1. The van der Waals surface area contributed by atoms with Gasteiger partial charge in [-0.15, -0.1) is 4.37 Å². The summed E-state index contributed by atoms with van der Waals surface area (Å²) in [4.78, 5) is 86.3. The van der Waals surface area contributed by atoms with Crippen molar-refractivity contribution in [1.29, 1.82) is 0 Å². The first-order chi connectivity index (χ1) is 30.0. The molecule has 1 aromatic carbocycles. The number of nitrogens with zero attached hydrogens (tertiary/aromatic N) is 5. The Bertz CT molecular complexity index is 2170. The van der Waals surface area contributed by atoms with Gasteiger partial charge >= 0.3 is 17.9 Å². The van der Waals surface area contributed by atoms with E-state index in [-0.39, 0.29) is 49.4 Å². The van der Waals surface area contributed by atoms with Gasteiger partial charge < -0.3 is 54.0 Å². The molecule has 0 bridgehead atoms. The van der Waals surface area contributed by atoms with Gasteiger partial charge in [-0.25, -0.2) is 0 Å². The van der Waals surface area contributed by atoms with Gasteiger partial charge in [0, 0.05) is 61.3 Å². The number of esters is 3. The number of carbonyl (C=O) groups excluding carboxylic acids is 6. The second-order valence-electron chi connectivity index (χ2n) is 16.0. The number of hydrogen-bond donors (Lipinski definition) is 3. The number of rotatable bonds is 20. The van der Waals surface area contributed by atoms with Crippen LogP contribution in [0.1, 0.15) is 87.3 Å². The highest BCUT2D eigenvalue weighted by Gasteiger charge is 2.33. The molecule has 3 amide bonds. The molecule has 3 aromatic rings. The molecule has 2 aliphatic rings. The number of carbonyl (C=O) groups is 6. The summed E-state index contributed by atoms with van der Waals surface area (Å²) in [6.07, 6.45) is -0.0845. The standard InChI is InChI=1S/C43H58N8O11S/c1-9-49(10-2)16-15-44-41(57)38-26(3)34(45-27(38)4)22-32-31-21-29(11-12-33(31)46-40(32)56)61-36(54)13-14-37(55)62-30(23-51(43(6,7)8)35(53)25-59-28(5)52)24-60-42-39(47-63-48-42)50-17-19-58-20-18-50/h11-12,21-22,30,45H,9-10,13-20,23-25H2,1-8H3,(H,44,57)(H,46,56)/b32-22-/t30-/m0/s1. The van der Waals surface area contributed by atoms with E-state index in [0.717, 1.165) is 31.4 Å². The molecule has 2 aliphatic heterocycles. The number of morpholine rings is 1. The van der Waals surface area contributed by atoms with Gasteiger partial charge in [-0.2, -0.15) is 4.37 Å². The van der Waals surface area contributed by atoms with Crippen molar-refractivity contribution in [3.8, 4) is 11.6 Å². The molecule has 0 aliphatic carbocycles. The maximum Gasteiger partial charge on any atom is 0.311 e. The molecule has 0 saturated carbocycles. The molecular weight excluding hydrogens is 837 g/mol. The molecule has 0 unspecified atom stereocenters. The smallest absolute Gasteiger partial charge is 0.311 e. The summed E-state index contributed by atoms with van der Waals surface area (Å²) < 4.78 is 36.5. The van der Waals surface area contributed by atoms with E-state index in [2.05, 4.69) is 43.1 Å². The van der Waals surface area contributed by atoms with Gasteiger partial charge in [0.2, 0.25) is 5.82 Å². The Morgan fingerprint density at radius 2 is 1.76 bits per heavy atom. The third-order valence-electron chi connectivity index (χ3n) is 10.5. The zero-order valence-electron chi connectivity index (χ0n) is 37.2. The number of nitrogens with one attached hydrogen (secondary N) is 3. The Kier molecular flexibility index (Phi) is 16.8. The van der Waals surface area contributed by atoms with Crippen LogP contribution in [0.2, 0.25) is 0 Å². The van der Waals surface area contributed by atoms with E-state index >= 15 is 0 Å². The summed E-state index contributed by atoms with van der Waals surface area (Å²) in [5.41, 5.74) is 2.97. The number of H-pyrrole nitrogens is 1. The Morgan fingerprint density at radius 3 is 2.44 bits per heavy atom. The first-order valence-electron chi connectivity index (χ1n) is 21.0. The van der Waals surface area contributed by atoms with E-state index in [1.807, 2.05) is 11.8 Å².